The molecule has 4 aliphatic carbocycles. The summed E-state index contributed by atoms with van der Waals surface area (Å²) in [4.78, 5) is 36.9. The fraction of sp³-hybridized carbons (Fsp3) is 0.464. The van der Waals surface area contributed by atoms with Crippen LogP contribution in [0.5, 0.6) is 0 Å². The van der Waals surface area contributed by atoms with Gasteiger partial charge in [-0.2, -0.15) is 0 Å². The number of aliphatic carboxylic acids is 1. The summed E-state index contributed by atoms with van der Waals surface area (Å²) in [6, 6.07) is 16.4. The van der Waals surface area contributed by atoms with Crippen molar-refractivity contribution >= 4 is 18.0 Å². The first-order chi connectivity index (χ1) is 16.8. The molecular weight excluding hydrogens is 444 g/mol. The van der Waals surface area contributed by atoms with Gasteiger partial charge in [-0.05, 0) is 60.8 Å². The monoisotopic (exact) mass is 476 g/mol. The van der Waals surface area contributed by atoms with Gasteiger partial charge in [-0.3, -0.25) is 9.59 Å². The van der Waals surface area contributed by atoms with Gasteiger partial charge in [0.25, 0.3) is 0 Å². The van der Waals surface area contributed by atoms with Gasteiger partial charge in [0, 0.05) is 18.0 Å². The fourth-order valence-electron chi connectivity index (χ4n) is 6.06. The molecule has 3 N–H and O–H groups in total. The minimum atomic E-state index is -0.710. The molecule has 0 spiro atoms. The van der Waals surface area contributed by atoms with E-state index in [1.165, 1.54) is 11.1 Å². The van der Waals surface area contributed by atoms with Crippen LogP contribution in [0.1, 0.15) is 62.5 Å². The van der Waals surface area contributed by atoms with Crippen LogP contribution in [0.2, 0.25) is 0 Å². The number of alkyl carbamates (subject to hydrolysis) is 1. The number of carbonyl (C=O) groups is 3. The van der Waals surface area contributed by atoms with E-state index >= 15 is 0 Å². The molecule has 4 aliphatic rings. The number of carbonyl (C=O) groups excluding carboxylic acids is 2. The molecule has 2 aromatic carbocycles. The van der Waals surface area contributed by atoms with Crippen molar-refractivity contribution in [1.82, 2.24) is 10.6 Å². The van der Waals surface area contributed by atoms with Gasteiger partial charge < -0.3 is 20.5 Å². The van der Waals surface area contributed by atoms with Gasteiger partial charge >= 0.3 is 12.1 Å². The average molecular weight is 477 g/mol. The number of ether oxygens (including phenoxy) is 1. The molecule has 2 bridgehead atoms. The van der Waals surface area contributed by atoms with E-state index in [1.54, 1.807) is 6.92 Å². The first-order valence-electron chi connectivity index (χ1n) is 12.5. The molecule has 0 heterocycles. The van der Waals surface area contributed by atoms with E-state index in [-0.39, 0.29) is 30.5 Å². The summed E-state index contributed by atoms with van der Waals surface area (Å²) >= 11 is 0. The van der Waals surface area contributed by atoms with Crippen LogP contribution < -0.4 is 10.6 Å². The van der Waals surface area contributed by atoms with Gasteiger partial charge in [0.2, 0.25) is 5.91 Å². The predicted octanol–water partition coefficient (Wildman–Crippen LogP) is 4.46. The second-order valence-corrected chi connectivity index (χ2v) is 10.5. The molecule has 3 fully saturated rings. The van der Waals surface area contributed by atoms with Gasteiger partial charge in [0.05, 0.1) is 11.3 Å². The Balaban J connectivity index is 1.11. The zero-order valence-electron chi connectivity index (χ0n) is 20.0. The van der Waals surface area contributed by atoms with Crippen LogP contribution in [0.25, 0.3) is 11.1 Å². The molecule has 6 rings (SSSR count). The van der Waals surface area contributed by atoms with Crippen LogP contribution in [0.15, 0.2) is 48.5 Å². The second kappa shape index (κ2) is 9.02. The first kappa shape index (κ1) is 23.4. The largest absolute Gasteiger partial charge is 0.481 e. The maximum absolute atomic E-state index is 12.8. The van der Waals surface area contributed by atoms with Crippen molar-refractivity contribution in [2.24, 2.45) is 11.3 Å². The number of carboxylic acid groups (broad SMARTS) is 1. The topological polar surface area (TPSA) is 105 Å². The number of carboxylic acids is 1. The van der Waals surface area contributed by atoms with Crippen molar-refractivity contribution in [2.45, 2.75) is 56.9 Å². The minimum Gasteiger partial charge on any atom is -0.481 e. The van der Waals surface area contributed by atoms with Gasteiger partial charge in [-0.1, -0.05) is 55.5 Å². The zero-order chi connectivity index (χ0) is 24.6. The highest BCUT2D eigenvalue weighted by atomic mass is 16.5. The summed E-state index contributed by atoms with van der Waals surface area (Å²) in [5.74, 6) is -1.26. The molecule has 0 saturated heterocycles. The van der Waals surface area contributed by atoms with Gasteiger partial charge in [0.1, 0.15) is 6.61 Å². The summed E-state index contributed by atoms with van der Waals surface area (Å²) in [5.41, 5.74) is 3.73. The van der Waals surface area contributed by atoms with Crippen molar-refractivity contribution in [3.8, 4) is 11.1 Å². The Hall–Kier alpha value is -3.35. The lowest BCUT2D eigenvalue weighted by Gasteiger charge is -2.51. The summed E-state index contributed by atoms with van der Waals surface area (Å²) in [6.07, 6.45) is 3.36. The smallest absolute Gasteiger partial charge is 0.407 e. The number of fused-ring (bicyclic) bond motifs is 6. The molecule has 3 saturated carbocycles. The molecule has 0 aromatic heterocycles. The molecule has 0 radical (unpaired) electrons. The molecular formula is C28H32N2O5. The van der Waals surface area contributed by atoms with Crippen molar-refractivity contribution < 1.29 is 24.2 Å². The van der Waals surface area contributed by atoms with Crippen molar-refractivity contribution in [1.29, 1.82) is 0 Å². The van der Waals surface area contributed by atoms with Crippen LogP contribution in [-0.2, 0) is 14.3 Å². The molecule has 184 valence electrons. The Labute approximate surface area is 205 Å². The SMILES string of the molecule is CC(CNC(=O)OCC1c2ccccc2-c2ccccc21)C(=O)NC12CCC(C(=O)O)(CC1)CC2. The lowest BCUT2D eigenvalue weighted by molar-refractivity contribution is -0.157. The maximum Gasteiger partial charge on any atom is 0.407 e. The summed E-state index contributed by atoms with van der Waals surface area (Å²) < 4.78 is 5.56. The number of amides is 2. The van der Waals surface area contributed by atoms with E-state index in [0.29, 0.717) is 38.5 Å². The third-order valence-corrected chi connectivity index (χ3v) is 8.43. The summed E-state index contributed by atoms with van der Waals surface area (Å²) in [7, 11) is 0. The lowest BCUT2D eigenvalue weighted by atomic mass is 9.57. The van der Waals surface area contributed by atoms with Crippen molar-refractivity contribution in [3.05, 3.63) is 59.7 Å². The Morgan fingerprint density at radius 3 is 2.03 bits per heavy atom. The van der Waals surface area contributed by atoms with Crippen LogP contribution >= 0.6 is 0 Å². The Morgan fingerprint density at radius 1 is 0.943 bits per heavy atom. The van der Waals surface area contributed by atoms with E-state index in [0.717, 1.165) is 11.1 Å². The maximum atomic E-state index is 12.8. The predicted molar refractivity (Wildman–Crippen MR) is 131 cm³/mol. The second-order valence-electron chi connectivity index (χ2n) is 10.5. The Morgan fingerprint density at radius 2 is 1.49 bits per heavy atom. The summed E-state index contributed by atoms with van der Waals surface area (Å²) in [5, 5.41) is 15.5. The average Bonchev–Trinajstić information content (AvgIpc) is 3.20. The highest BCUT2D eigenvalue weighted by Gasteiger charge is 2.53. The van der Waals surface area contributed by atoms with Crippen LogP contribution in [0, 0.1) is 11.3 Å². The molecule has 2 amide bonds. The molecule has 7 nitrogen and oxygen atoms in total. The van der Waals surface area contributed by atoms with E-state index in [4.69, 9.17) is 4.74 Å². The van der Waals surface area contributed by atoms with E-state index in [9.17, 15) is 19.5 Å². The lowest BCUT2D eigenvalue weighted by Crippen LogP contribution is -2.59. The highest BCUT2D eigenvalue weighted by molar-refractivity contribution is 5.81. The van der Waals surface area contributed by atoms with Crippen LogP contribution in [-0.4, -0.2) is 41.8 Å². The number of hydrogen-bond acceptors (Lipinski definition) is 4. The Bertz CT molecular complexity index is 1090. The van der Waals surface area contributed by atoms with Crippen LogP contribution in [0.4, 0.5) is 4.79 Å². The number of benzene rings is 2. The van der Waals surface area contributed by atoms with Gasteiger partial charge in [0.15, 0.2) is 0 Å². The Kier molecular flexibility index (Phi) is 6.03. The third kappa shape index (κ3) is 4.28. The minimum absolute atomic E-state index is 0.0107. The van der Waals surface area contributed by atoms with Gasteiger partial charge in [-0.25, -0.2) is 4.79 Å². The quantitative estimate of drug-likeness (QED) is 0.547. The van der Waals surface area contributed by atoms with Gasteiger partial charge in [-0.15, -0.1) is 0 Å². The molecule has 0 aliphatic heterocycles. The molecule has 1 unspecified atom stereocenters. The van der Waals surface area contributed by atoms with Crippen LogP contribution in [0.3, 0.4) is 0 Å². The number of rotatable bonds is 7. The fourth-order valence-corrected chi connectivity index (χ4v) is 6.06. The van der Waals surface area contributed by atoms with Crippen molar-refractivity contribution in [3.63, 3.8) is 0 Å². The zero-order valence-corrected chi connectivity index (χ0v) is 20.0. The molecule has 2 aromatic rings. The first-order valence-corrected chi connectivity index (χ1v) is 12.5. The molecule has 1 atom stereocenters. The molecule has 7 heteroatoms. The van der Waals surface area contributed by atoms with Crippen molar-refractivity contribution in [2.75, 3.05) is 13.2 Å². The standard InChI is InChI=1S/C28H32N2O5/c1-18(24(31)30-28-13-10-27(11-14-28,12-15-28)25(32)33)16-29-26(34)35-17-23-21-8-4-2-6-19(21)20-7-3-5-9-22(20)23/h2-9,18,23H,10-17H2,1H3,(H,29,34)(H,30,31)(H,32,33). The number of nitrogens with one attached hydrogen (secondary N) is 2. The normalized spacial score (nSPS) is 25.3. The molecule has 35 heavy (non-hydrogen) atoms. The van der Waals surface area contributed by atoms with E-state index < -0.39 is 23.4 Å². The van der Waals surface area contributed by atoms with E-state index in [1.807, 2.05) is 24.3 Å². The highest BCUT2D eigenvalue weighted by Crippen LogP contribution is 2.52. The summed E-state index contributed by atoms with van der Waals surface area (Å²) in [6.45, 7) is 2.19. The number of hydrogen-bond donors (Lipinski definition) is 3. The third-order valence-electron chi connectivity index (χ3n) is 8.43. The van der Waals surface area contributed by atoms with E-state index in [2.05, 4.69) is 34.9 Å².